The van der Waals surface area contributed by atoms with Gasteiger partial charge in [-0.3, -0.25) is 0 Å². The van der Waals surface area contributed by atoms with Crippen molar-refractivity contribution in [3.8, 4) is 6.07 Å². The third-order valence-electron chi connectivity index (χ3n) is 2.37. The maximum Gasteiger partial charge on any atom is 0.132 e. The van der Waals surface area contributed by atoms with E-state index in [2.05, 4.69) is 0 Å². The number of nitrogens with two attached hydrogens (primary N) is 1. The second-order valence-corrected chi connectivity index (χ2v) is 4.89. The molecule has 0 spiro atoms. The quantitative estimate of drug-likeness (QED) is 0.847. The van der Waals surface area contributed by atoms with Gasteiger partial charge in [-0.25, -0.2) is 4.39 Å². The molecule has 0 unspecified atom stereocenters. The van der Waals surface area contributed by atoms with Crippen molar-refractivity contribution in [2.75, 3.05) is 0 Å². The van der Waals surface area contributed by atoms with Gasteiger partial charge in [0.05, 0.1) is 11.3 Å². The summed E-state index contributed by atoms with van der Waals surface area (Å²) in [6.45, 7) is 0. The van der Waals surface area contributed by atoms with Gasteiger partial charge in [0.2, 0.25) is 0 Å². The van der Waals surface area contributed by atoms with Gasteiger partial charge in [0.1, 0.15) is 11.9 Å². The minimum atomic E-state index is -0.499. The monoisotopic (exact) mass is 278 g/mol. The Hall–Kier alpha value is -1.83. The normalized spacial score (nSPS) is 11.8. The highest BCUT2D eigenvalue weighted by Crippen LogP contribution is 2.28. The molecule has 0 saturated heterocycles. The first-order chi connectivity index (χ1) is 8.63. The Balaban J connectivity index is 2.62. The van der Waals surface area contributed by atoms with Crippen molar-refractivity contribution < 1.29 is 4.39 Å². The van der Waals surface area contributed by atoms with Crippen LogP contribution in [0.1, 0.15) is 10.4 Å². The van der Waals surface area contributed by atoms with Crippen molar-refractivity contribution >= 4 is 34.2 Å². The van der Waals surface area contributed by atoms with Crippen LogP contribution in [-0.2, 0) is 0 Å². The zero-order chi connectivity index (χ0) is 13.1. The summed E-state index contributed by atoms with van der Waals surface area (Å²) in [6, 6.07) is 9.65. The number of rotatable bonds is 2. The molecule has 0 radical (unpaired) electrons. The van der Waals surface area contributed by atoms with Crippen molar-refractivity contribution in [2.45, 2.75) is 0 Å². The van der Waals surface area contributed by atoms with Crippen LogP contribution in [0.5, 0.6) is 0 Å². The fourth-order valence-corrected chi connectivity index (χ4v) is 2.41. The Labute approximate surface area is 113 Å². The van der Waals surface area contributed by atoms with Crippen LogP contribution in [0.4, 0.5) is 4.39 Å². The molecule has 0 saturated carbocycles. The number of halogens is 2. The first kappa shape index (κ1) is 12.6. The predicted octanol–water partition coefficient (Wildman–Crippen LogP) is 3.89. The second kappa shape index (κ2) is 5.21. The Bertz CT molecular complexity index is 642. The molecule has 1 aromatic heterocycles. The van der Waals surface area contributed by atoms with Gasteiger partial charge in [-0.15, -0.1) is 11.3 Å². The SMILES string of the molecule is N#C/C(=C(/N)c1cc(Cl)ccc1F)c1cccs1. The number of hydrogen-bond donors (Lipinski definition) is 1. The molecule has 2 rings (SSSR count). The maximum atomic E-state index is 13.7. The summed E-state index contributed by atoms with van der Waals surface area (Å²) in [4.78, 5) is 0.703. The highest BCUT2D eigenvalue weighted by molar-refractivity contribution is 7.11. The van der Waals surface area contributed by atoms with Gasteiger partial charge >= 0.3 is 0 Å². The lowest BCUT2D eigenvalue weighted by Crippen LogP contribution is -2.02. The number of nitriles is 1. The van der Waals surface area contributed by atoms with E-state index in [4.69, 9.17) is 22.6 Å². The Morgan fingerprint density at radius 2 is 2.17 bits per heavy atom. The summed E-state index contributed by atoms with van der Waals surface area (Å²) in [7, 11) is 0. The molecule has 0 aliphatic carbocycles. The van der Waals surface area contributed by atoms with Crippen molar-refractivity contribution in [3.05, 3.63) is 57.0 Å². The Kier molecular flexibility index (Phi) is 3.66. The van der Waals surface area contributed by atoms with E-state index < -0.39 is 5.82 Å². The molecule has 5 heteroatoms. The first-order valence-electron chi connectivity index (χ1n) is 5.02. The molecular formula is C13H8ClFN2S. The minimum Gasteiger partial charge on any atom is -0.397 e. The molecule has 0 aliphatic heterocycles. The van der Waals surface area contributed by atoms with Crippen LogP contribution in [0.2, 0.25) is 5.02 Å². The van der Waals surface area contributed by atoms with Crippen LogP contribution >= 0.6 is 22.9 Å². The summed E-state index contributed by atoms with van der Waals surface area (Å²) in [5.41, 5.74) is 6.37. The molecule has 2 nitrogen and oxygen atoms in total. The number of benzene rings is 1. The van der Waals surface area contributed by atoms with Gasteiger partial charge in [0, 0.05) is 15.5 Å². The molecule has 0 fully saturated rings. The zero-order valence-corrected chi connectivity index (χ0v) is 10.7. The number of allylic oxidation sites excluding steroid dienone is 1. The van der Waals surface area contributed by atoms with Crippen molar-refractivity contribution in [1.29, 1.82) is 5.26 Å². The van der Waals surface area contributed by atoms with Gasteiger partial charge in [-0.2, -0.15) is 5.26 Å². The fourth-order valence-electron chi connectivity index (χ4n) is 1.51. The van der Waals surface area contributed by atoms with E-state index in [0.29, 0.717) is 9.90 Å². The van der Waals surface area contributed by atoms with E-state index in [0.717, 1.165) is 0 Å². The van der Waals surface area contributed by atoms with Crippen LogP contribution < -0.4 is 5.73 Å². The third-order valence-corrected chi connectivity index (χ3v) is 3.49. The van der Waals surface area contributed by atoms with E-state index >= 15 is 0 Å². The van der Waals surface area contributed by atoms with Crippen LogP contribution in [-0.4, -0.2) is 0 Å². The summed E-state index contributed by atoms with van der Waals surface area (Å²) < 4.78 is 13.7. The maximum absolute atomic E-state index is 13.7. The molecule has 18 heavy (non-hydrogen) atoms. The number of hydrogen-bond acceptors (Lipinski definition) is 3. The largest absolute Gasteiger partial charge is 0.397 e. The van der Waals surface area contributed by atoms with Gasteiger partial charge in [0.15, 0.2) is 0 Å². The average Bonchev–Trinajstić information content (AvgIpc) is 2.87. The predicted molar refractivity (Wildman–Crippen MR) is 72.3 cm³/mol. The molecule has 1 aromatic carbocycles. The molecule has 1 heterocycles. The molecule has 0 atom stereocenters. The molecule has 2 N–H and O–H groups in total. The lowest BCUT2D eigenvalue weighted by atomic mass is 10.1. The standard InChI is InChI=1S/C13H8ClFN2S/c14-8-3-4-11(15)9(6-8)13(17)10(7-16)12-2-1-5-18-12/h1-6H,17H2/b13-10-. The Morgan fingerprint density at radius 3 is 2.78 bits per heavy atom. The van der Waals surface area contributed by atoms with Crippen molar-refractivity contribution in [3.63, 3.8) is 0 Å². The highest BCUT2D eigenvalue weighted by Gasteiger charge is 2.13. The second-order valence-electron chi connectivity index (χ2n) is 3.50. The van der Waals surface area contributed by atoms with Crippen LogP contribution in [0, 0.1) is 17.1 Å². The van der Waals surface area contributed by atoms with Crippen LogP contribution in [0.3, 0.4) is 0 Å². The molecular weight excluding hydrogens is 271 g/mol. The van der Waals surface area contributed by atoms with Crippen molar-refractivity contribution in [1.82, 2.24) is 0 Å². The molecule has 2 aromatic rings. The highest BCUT2D eigenvalue weighted by atomic mass is 35.5. The molecule has 0 bridgehead atoms. The molecule has 90 valence electrons. The number of nitrogens with zero attached hydrogens (tertiary/aromatic N) is 1. The third kappa shape index (κ3) is 2.37. The summed E-state index contributed by atoms with van der Waals surface area (Å²) in [6.07, 6.45) is 0. The lowest BCUT2D eigenvalue weighted by molar-refractivity contribution is 0.624. The fraction of sp³-hybridized carbons (Fsp3) is 0. The van der Waals surface area contributed by atoms with E-state index in [-0.39, 0.29) is 16.8 Å². The van der Waals surface area contributed by atoms with E-state index in [1.165, 1.54) is 29.5 Å². The van der Waals surface area contributed by atoms with Gasteiger partial charge in [-0.05, 0) is 29.6 Å². The summed E-state index contributed by atoms with van der Waals surface area (Å²) in [5, 5.41) is 11.4. The first-order valence-corrected chi connectivity index (χ1v) is 6.28. The Morgan fingerprint density at radius 1 is 1.39 bits per heavy atom. The summed E-state index contributed by atoms with van der Waals surface area (Å²) in [5.74, 6) is -0.499. The molecule has 0 amide bonds. The van der Waals surface area contributed by atoms with Crippen LogP contribution in [0.25, 0.3) is 11.3 Å². The smallest absolute Gasteiger partial charge is 0.132 e. The van der Waals surface area contributed by atoms with E-state index in [1.807, 2.05) is 11.4 Å². The van der Waals surface area contributed by atoms with Crippen LogP contribution in [0.15, 0.2) is 35.7 Å². The summed E-state index contributed by atoms with van der Waals surface area (Å²) >= 11 is 7.18. The topological polar surface area (TPSA) is 49.8 Å². The van der Waals surface area contributed by atoms with Crippen molar-refractivity contribution in [2.24, 2.45) is 5.73 Å². The van der Waals surface area contributed by atoms with E-state index in [9.17, 15) is 4.39 Å². The van der Waals surface area contributed by atoms with Gasteiger partial charge in [-0.1, -0.05) is 17.7 Å². The molecule has 0 aliphatic rings. The number of thiophene rings is 1. The van der Waals surface area contributed by atoms with E-state index in [1.54, 1.807) is 12.1 Å². The van der Waals surface area contributed by atoms with Gasteiger partial charge < -0.3 is 5.73 Å². The lowest BCUT2D eigenvalue weighted by Gasteiger charge is -2.06. The zero-order valence-electron chi connectivity index (χ0n) is 9.15. The van der Waals surface area contributed by atoms with Gasteiger partial charge in [0.25, 0.3) is 0 Å². The average molecular weight is 279 g/mol. The minimum absolute atomic E-state index is 0.0972.